The highest BCUT2D eigenvalue weighted by atomic mass is 16.5. The number of ether oxygens (including phenoxy) is 1. The summed E-state index contributed by atoms with van der Waals surface area (Å²) in [7, 11) is 0. The van der Waals surface area contributed by atoms with Crippen molar-refractivity contribution < 1.29 is 9.53 Å². The highest BCUT2D eigenvalue weighted by molar-refractivity contribution is 5.80. The molecule has 0 bridgehead atoms. The average molecular weight is 314 g/mol. The predicted octanol–water partition coefficient (Wildman–Crippen LogP) is 1.99. The van der Waals surface area contributed by atoms with Crippen molar-refractivity contribution in [3.8, 4) is 0 Å². The van der Waals surface area contributed by atoms with Gasteiger partial charge in [-0.05, 0) is 38.7 Å². The van der Waals surface area contributed by atoms with Crippen LogP contribution in [0.5, 0.6) is 0 Å². The first-order chi connectivity index (χ1) is 11.2. The molecular weight excluding hydrogens is 292 g/mol. The fourth-order valence-corrected chi connectivity index (χ4v) is 3.99. The Bertz CT molecular complexity index is 722. The third-order valence-corrected chi connectivity index (χ3v) is 5.32. The van der Waals surface area contributed by atoms with E-state index < -0.39 is 0 Å². The lowest BCUT2D eigenvalue weighted by Gasteiger charge is -2.38. The number of rotatable bonds is 2. The Morgan fingerprint density at radius 1 is 1.30 bits per heavy atom. The van der Waals surface area contributed by atoms with Gasteiger partial charge in [-0.2, -0.15) is 5.10 Å². The standard InChI is InChI=1S/C17H22N4O2/c1-17(14-3-8-18-15-4-9-19-21(14)15)7-2-10-20(17)16(22)13-5-11-23-12-6-13/h3-4,8-9,13H,2,5-7,10-12H2,1H3. The minimum Gasteiger partial charge on any atom is -0.381 e. The van der Waals surface area contributed by atoms with Crippen LogP contribution in [0.15, 0.2) is 24.5 Å². The lowest BCUT2D eigenvalue weighted by molar-refractivity contribution is -0.142. The number of likely N-dealkylation sites (tertiary alicyclic amines) is 1. The van der Waals surface area contributed by atoms with Gasteiger partial charge in [0.05, 0.1) is 17.4 Å². The zero-order valence-corrected chi connectivity index (χ0v) is 13.4. The summed E-state index contributed by atoms with van der Waals surface area (Å²) >= 11 is 0. The Morgan fingerprint density at radius 3 is 2.96 bits per heavy atom. The van der Waals surface area contributed by atoms with E-state index in [4.69, 9.17) is 4.74 Å². The van der Waals surface area contributed by atoms with E-state index in [1.807, 2.05) is 22.8 Å². The molecule has 23 heavy (non-hydrogen) atoms. The van der Waals surface area contributed by atoms with Crippen molar-refractivity contribution >= 4 is 11.6 Å². The predicted molar refractivity (Wildman–Crippen MR) is 84.8 cm³/mol. The maximum absolute atomic E-state index is 13.1. The first kappa shape index (κ1) is 14.6. The summed E-state index contributed by atoms with van der Waals surface area (Å²) in [5.74, 6) is 0.363. The van der Waals surface area contributed by atoms with Crippen molar-refractivity contribution in [3.05, 3.63) is 30.2 Å². The van der Waals surface area contributed by atoms with Crippen LogP contribution in [0.1, 0.15) is 38.3 Å². The molecule has 2 saturated heterocycles. The van der Waals surface area contributed by atoms with E-state index in [0.717, 1.165) is 43.6 Å². The molecule has 4 heterocycles. The van der Waals surface area contributed by atoms with Crippen LogP contribution in [-0.2, 0) is 15.1 Å². The molecule has 0 aromatic carbocycles. The summed E-state index contributed by atoms with van der Waals surface area (Å²) in [5, 5.41) is 4.41. The quantitative estimate of drug-likeness (QED) is 0.850. The van der Waals surface area contributed by atoms with Crippen LogP contribution in [0, 0.1) is 5.92 Å². The van der Waals surface area contributed by atoms with Crippen LogP contribution in [-0.4, -0.2) is 45.2 Å². The van der Waals surface area contributed by atoms with E-state index in [9.17, 15) is 4.79 Å². The minimum absolute atomic E-state index is 0.0936. The minimum atomic E-state index is -0.317. The van der Waals surface area contributed by atoms with E-state index >= 15 is 0 Å². The Labute approximate surface area is 135 Å². The fourth-order valence-electron chi connectivity index (χ4n) is 3.99. The monoisotopic (exact) mass is 314 g/mol. The Balaban J connectivity index is 1.70. The lowest BCUT2D eigenvalue weighted by atomic mass is 9.91. The van der Waals surface area contributed by atoms with Crippen molar-refractivity contribution in [1.29, 1.82) is 0 Å². The van der Waals surface area contributed by atoms with Gasteiger partial charge in [-0.25, -0.2) is 9.50 Å². The molecule has 2 aliphatic rings. The third-order valence-electron chi connectivity index (χ3n) is 5.32. The second-order valence-corrected chi connectivity index (χ2v) is 6.69. The maximum atomic E-state index is 13.1. The molecule has 2 aromatic rings. The molecule has 1 amide bonds. The van der Waals surface area contributed by atoms with Gasteiger partial charge in [-0.15, -0.1) is 0 Å². The van der Waals surface area contributed by atoms with E-state index in [1.165, 1.54) is 0 Å². The Hall–Kier alpha value is -1.95. The number of amides is 1. The fraction of sp³-hybridized carbons (Fsp3) is 0.588. The smallest absolute Gasteiger partial charge is 0.226 e. The average Bonchev–Trinajstić information content (AvgIpc) is 3.21. The number of fused-ring (bicyclic) bond motifs is 1. The van der Waals surface area contributed by atoms with Gasteiger partial charge in [0.2, 0.25) is 5.91 Å². The van der Waals surface area contributed by atoms with E-state index in [1.54, 1.807) is 6.20 Å². The largest absolute Gasteiger partial charge is 0.381 e. The van der Waals surface area contributed by atoms with E-state index in [2.05, 4.69) is 21.9 Å². The van der Waals surface area contributed by atoms with Crippen LogP contribution in [0.2, 0.25) is 0 Å². The van der Waals surface area contributed by atoms with Gasteiger partial charge in [-0.3, -0.25) is 4.79 Å². The SMILES string of the molecule is CC1(c2ccnc3ccnn23)CCCN1C(=O)C1CCOCC1. The van der Waals surface area contributed by atoms with E-state index in [-0.39, 0.29) is 17.4 Å². The van der Waals surface area contributed by atoms with E-state index in [0.29, 0.717) is 13.2 Å². The number of nitrogens with zero attached hydrogens (tertiary/aromatic N) is 4. The zero-order chi connectivity index (χ0) is 15.9. The summed E-state index contributed by atoms with van der Waals surface area (Å²) in [6, 6.07) is 3.89. The van der Waals surface area contributed by atoms with Gasteiger partial charge in [-0.1, -0.05) is 0 Å². The lowest BCUT2D eigenvalue weighted by Crippen LogP contribution is -2.47. The van der Waals surface area contributed by atoms with Gasteiger partial charge < -0.3 is 9.64 Å². The van der Waals surface area contributed by atoms with Gasteiger partial charge >= 0.3 is 0 Å². The number of aromatic nitrogens is 3. The van der Waals surface area contributed by atoms with Crippen LogP contribution in [0.4, 0.5) is 0 Å². The van der Waals surface area contributed by atoms with Crippen molar-refractivity contribution in [2.45, 2.75) is 38.1 Å². The highest BCUT2D eigenvalue weighted by Crippen LogP contribution is 2.40. The normalized spacial score (nSPS) is 26.0. The van der Waals surface area contributed by atoms with Crippen LogP contribution >= 0.6 is 0 Å². The number of hydrogen-bond donors (Lipinski definition) is 0. The Morgan fingerprint density at radius 2 is 2.13 bits per heavy atom. The second kappa shape index (κ2) is 5.60. The van der Waals surface area contributed by atoms with Crippen molar-refractivity contribution in [2.24, 2.45) is 5.92 Å². The molecule has 0 aliphatic carbocycles. The molecule has 0 saturated carbocycles. The molecule has 0 N–H and O–H groups in total. The summed E-state index contributed by atoms with van der Waals surface area (Å²) in [4.78, 5) is 19.5. The Kier molecular flexibility index (Phi) is 3.56. The molecule has 6 heteroatoms. The summed E-state index contributed by atoms with van der Waals surface area (Å²) in [5.41, 5.74) is 1.56. The molecule has 0 spiro atoms. The van der Waals surface area contributed by atoms with Crippen molar-refractivity contribution in [1.82, 2.24) is 19.5 Å². The molecule has 2 aromatic heterocycles. The van der Waals surface area contributed by atoms with Gasteiger partial charge in [0.1, 0.15) is 0 Å². The molecule has 2 aliphatic heterocycles. The van der Waals surface area contributed by atoms with Crippen LogP contribution < -0.4 is 0 Å². The van der Waals surface area contributed by atoms with Crippen LogP contribution in [0.25, 0.3) is 5.65 Å². The van der Waals surface area contributed by atoms with Crippen molar-refractivity contribution in [3.63, 3.8) is 0 Å². The second-order valence-electron chi connectivity index (χ2n) is 6.69. The third kappa shape index (κ3) is 2.32. The van der Waals surface area contributed by atoms with Gasteiger partial charge in [0.15, 0.2) is 5.65 Å². The molecular formula is C17H22N4O2. The molecule has 2 fully saturated rings. The number of carbonyl (C=O) groups excluding carboxylic acids is 1. The zero-order valence-electron chi connectivity index (χ0n) is 13.4. The molecule has 1 unspecified atom stereocenters. The molecule has 1 atom stereocenters. The maximum Gasteiger partial charge on any atom is 0.226 e. The molecule has 4 rings (SSSR count). The first-order valence-corrected chi connectivity index (χ1v) is 8.38. The molecule has 122 valence electrons. The number of hydrogen-bond acceptors (Lipinski definition) is 4. The first-order valence-electron chi connectivity index (χ1n) is 8.38. The van der Waals surface area contributed by atoms with Gasteiger partial charge in [0.25, 0.3) is 0 Å². The van der Waals surface area contributed by atoms with Gasteiger partial charge in [0, 0.05) is 37.9 Å². The summed E-state index contributed by atoms with van der Waals surface area (Å²) in [6.07, 6.45) is 7.22. The summed E-state index contributed by atoms with van der Waals surface area (Å²) < 4.78 is 7.27. The highest BCUT2D eigenvalue weighted by Gasteiger charge is 2.44. The summed E-state index contributed by atoms with van der Waals surface area (Å²) in [6.45, 7) is 4.37. The topological polar surface area (TPSA) is 59.7 Å². The van der Waals surface area contributed by atoms with Crippen molar-refractivity contribution in [2.75, 3.05) is 19.8 Å². The molecule has 0 radical (unpaired) electrons. The number of carbonyl (C=O) groups is 1. The molecule has 6 nitrogen and oxygen atoms in total. The van der Waals surface area contributed by atoms with Crippen LogP contribution in [0.3, 0.4) is 0 Å².